The lowest BCUT2D eigenvalue weighted by Gasteiger charge is -2.37. The minimum absolute atomic E-state index is 0.0997. The summed E-state index contributed by atoms with van der Waals surface area (Å²) >= 11 is 0. The summed E-state index contributed by atoms with van der Waals surface area (Å²) in [7, 11) is 1.69. The van der Waals surface area contributed by atoms with Gasteiger partial charge in [0, 0.05) is 31.0 Å². The predicted molar refractivity (Wildman–Crippen MR) is 109 cm³/mol. The number of aromatic nitrogens is 1. The van der Waals surface area contributed by atoms with E-state index < -0.39 is 0 Å². The summed E-state index contributed by atoms with van der Waals surface area (Å²) in [6.45, 7) is 2.47. The Labute approximate surface area is 170 Å². The number of fused-ring (bicyclic) bond motifs is 1. The Morgan fingerprint density at radius 3 is 2.90 bits per heavy atom. The Morgan fingerprint density at radius 2 is 2.07 bits per heavy atom. The van der Waals surface area contributed by atoms with E-state index in [1.807, 2.05) is 18.2 Å². The number of carbonyl (C=O) groups is 1. The number of amides is 1. The topological polar surface area (TPSA) is 59.6 Å². The molecule has 1 fully saturated rings. The maximum atomic E-state index is 12.3. The summed E-state index contributed by atoms with van der Waals surface area (Å²) in [5.74, 6) is 1.93. The van der Waals surface area contributed by atoms with Gasteiger partial charge in [-0.1, -0.05) is 12.1 Å². The molecule has 1 atom stereocenters. The van der Waals surface area contributed by atoms with Crippen LogP contribution in [0.2, 0.25) is 0 Å². The van der Waals surface area contributed by atoms with Crippen LogP contribution in [0.1, 0.15) is 46.5 Å². The monoisotopic (exact) mass is 391 g/mol. The van der Waals surface area contributed by atoms with E-state index in [0.717, 1.165) is 37.4 Å². The van der Waals surface area contributed by atoms with Crippen LogP contribution in [0.15, 0.2) is 59.1 Å². The smallest absolute Gasteiger partial charge is 0.287 e. The molecule has 1 N–H and O–H groups in total. The zero-order valence-electron chi connectivity index (χ0n) is 16.5. The predicted octanol–water partition coefficient (Wildman–Crippen LogP) is 3.59. The zero-order chi connectivity index (χ0) is 19.8. The number of nitrogens with one attached hydrogen (secondary N) is 1. The molecule has 2 aliphatic rings. The highest BCUT2D eigenvalue weighted by atomic mass is 16.5. The number of rotatable bonds is 6. The van der Waals surface area contributed by atoms with Crippen molar-refractivity contribution in [1.82, 2.24) is 14.8 Å². The molecule has 1 saturated carbocycles. The fraction of sp³-hybridized carbons (Fsp3) is 0.348. The van der Waals surface area contributed by atoms with Crippen LogP contribution in [0.3, 0.4) is 0 Å². The number of carbonyl (C=O) groups excluding carboxylic acids is 1. The zero-order valence-corrected chi connectivity index (χ0v) is 16.5. The van der Waals surface area contributed by atoms with Gasteiger partial charge in [-0.15, -0.1) is 0 Å². The third kappa shape index (κ3) is 3.68. The first-order valence-electron chi connectivity index (χ1n) is 10.1. The van der Waals surface area contributed by atoms with Gasteiger partial charge in [-0.05, 0) is 54.8 Å². The summed E-state index contributed by atoms with van der Waals surface area (Å²) < 4.78 is 13.6. The quantitative estimate of drug-likeness (QED) is 0.698. The second kappa shape index (κ2) is 7.44. The molecule has 3 aromatic rings. The molecule has 0 saturated heterocycles. The number of benzene rings is 1. The highest BCUT2D eigenvalue weighted by Gasteiger charge is 2.30. The van der Waals surface area contributed by atoms with Crippen LogP contribution in [-0.4, -0.2) is 35.1 Å². The number of nitrogens with zero attached hydrogens (tertiary/aromatic N) is 2. The minimum Gasteiger partial charge on any atom is -0.497 e. The molecule has 1 aliphatic carbocycles. The molecule has 0 bridgehead atoms. The molecule has 1 aliphatic heterocycles. The lowest BCUT2D eigenvalue weighted by atomic mass is 9.99. The summed E-state index contributed by atoms with van der Waals surface area (Å²) in [6, 6.07) is 16.6. The molecule has 1 amide bonds. The molecule has 3 heterocycles. The molecule has 29 heavy (non-hydrogen) atoms. The second-order valence-corrected chi connectivity index (χ2v) is 7.79. The van der Waals surface area contributed by atoms with Crippen molar-refractivity contribution >= 4 is 5.91 Å². The van der Waals surface area contributed by atoms with Gasteiger partial charge in [0.15, 0.2) is 5.76 Å². The molecular formula is C23H25N3O3. The average Bonchev–Trinajstić information content (AvgIpc) is 3.23. The number of hydrogen-bond donors (Lipinski definition) is 1. The highest BCUT2D eigenvalue weighted by molar-refractivity contribution is 5.91. The molecule has 1 unspecified atom stereocenters. The van der Waals surface area contributed by atoms with Crippen LogP contribution in [0.5, 0.6) is 5.75 Å². The van der Waals surface area contributed by atoms with E-state index in [1.54, 1.807) is 13.2 Å². The van der Waals surface area contributed by atoms with E-state index in [0.29, 0.717) is 18.3 Å². The van der Waals surface area contributed by atoms with Crippen molar-refractivity contribution in [1.29, 1.82) is 0 Å². The fourth-order valence-corrected chi connectivity index (χ4v) is 4.06. The van der Waals surface area contributed by atoms with Crippen LogP contribution in [0.25, 0.3) is 0 Å². The van der Waals surface area contributed by atoms with Crippen LogP contribution < -0.4 is 10.1 Å². The molecule has 0 radical (unpaired) electrons. The van der Waals surface area contributed by atoms with Gasteiger partial charge in [-0.2, -0.15) is 0 Å². The molecule has 1 aromatic carbocycles. The van der Waals surface area contributed by atoms with Gasteiger partial charge in [0.25, 0.3) is 5.91 Å². The van der Waals surface area contributed by atoms with Gasteiger partial charge >= 0.3 is 0 Å². The van der Waals surface area contributed by atoms with Crippen LogP contribution in [0.4, 0.5) is 0 Å². The normalized spacial score (nSPS) is 19.0. The number of methoxy groups -OCH3 is 1. The molecule has 6 heteroatoms. The Balaban J connectivity index is 1.41. The van der Waals surface area contributed by atoms with E-state index in [2.05, 4.69) is 45.2 Å². The lowest BCUT2D eigenvalue weighted by molar-refractivity contribution is 0.0916. The number of furan rings is 1. The van der Waals surface area contributed by atoms with Gasteiger partial charge in [-0.3, -0.25) is 9.69 Å². The van der Waals surface area contributed by atoms with Gasteiger partial charge in [0.05, 0.1) is 19.7 Å². The maximum Gasteiger partial charge on any atom is 0.287 e. The Morgan fingerprint density at radius 1 is 1.17 bits per heavy atom. The lowest BCUT2D eigenvalue weighted by Crippen LogP contribution is -2.37. The molecule has 6 nitrogen and oxygen atoms in total. The Kier molecular flexibility index (Phi) is 4.64. The first-order chi connectivity index (χ1) is 14.2. The molecule has 150 valence electrons. The van der Waals surface area contributed by atoms with Crippen molar-refractivity contribution in [2.75, 3.05) is 13.7 Å². The van der Waals surface area contributed by atoms with E-state index >= 15 is 0 Å². The number of hydrogen-bond acceptors (Lipinski definition) is 4. The van der Waals surface area contributed by atoms with Crippen molar-refractivity contribution in [3.05, 3.63) is 77.5 Å². The van der Waals surface area contributed by atoms with E-state index in [-0.39, 0.29) is 11.9 Å². The summed E-state index contributed by atoms with van der Waals surface area (Å²) in [5, 5.41) is 2.98. The first kappa shape index (κ1) is 18.1. The van der Waals surface area contributed by atoms with Crippen LogP contribution in [-0.2, 0) is 13.1 Å². The van der Waals surface area contributed by atoms with Crippen molar-refractivity contribution in [2.45, 2.75) is 38.0 Å². The fourth-order valence-electron chi connectivity index (χ4n) is 4.06. The Bertz CT molecular complexity index is 1020. The van der Waals surface area contributed by atoms with E-state index in [4.69, 9.17) is 9.15 Å². The van der Waals surface area contributed by atoms with Gasteiger partial charge < -0.3 is 19.0 Å². The SMILES string of the molecule is COc1cccc(C2c3cccn3CCN2Cc2ccc(C(=O)NC3CC3)o2)c1. The first-order valence-corrected chi connectivity index (χ1v) is 10.1. The van der Waals surface area contributed by atoms with Crippen molar-refractivity contribution in [3.8, 4) is 5.75 Å². The summed E-state index contributed by atoms with van der Waals surface area (Å²) in [6.07, 6.45) is 4.26. The van der Waals surface area contributed by atoms with Gasteiger partial charge in [-0.25, -0.2) is 0 Å². The summed E-state index contributed by atoms with van der Waals surface area (Å²) in [4.78, 5) is 14.6. The summed E-state index contributed by atoms with van der Waals surface area (Å²) in [5.41, 5.74) is 2.44. The largest absolute Gasteiger partial charge is 0.497 e. The van der Waals surface area contributed by atoms with E-state index in [1.165, 1.54) is 11.3 Å². The van der Waals surface area contributed by atoms with Crippen molar-refractivity contribution < 1.29 is 13.9 Å². The molecule has 2 aromatic heterocycles. The van der Waals surface area contributed by atoms with Crippen LogP contribution in [0, 0.1) is 0 Å². The third-order valence-corrected chi connectivity index (χ3v) is 5.70. The van der Waals surface area contributed by atoms with Gasteiger partial charge in [0.2, 0.25) is 0 Å². The van der Waals surface area contributed by atoms with Crippen LogP contribution >= 0.6 is 0 Å². The third-order valence-electron chi connectivity index (χ3n) is 5.70. The maximum absolute atomic E-state index is 12.3. The standard InChI is InChI=1S/C23H25N3O3/c1-28-18-5-2-4-16(14-18)22-20-6-3-11-25(20)12-13-26(22)15-19-9-10-21(29-19)23(27)24-17-7-8-17/h2-6,9-11,14,17,22H,7-8,12-13,15H2,1H3,(H,24,27). The second-order valence-electron chi connectivity index (χ2n) is 7.79. The van der Waals surface area contributed by atoms with Crippen molar-refractivity contribution in [3.63, 3.8) is 0 Å². The highest BCUT2D eigenvalue weighted by Crippen LogP contribution is 2.35. The molecular weight excluding hydrogens is 366 g/mol. The average molecular weight is 391 g/mol. The molecule has 5 rings (SSSR count). The van der Waals surface area contributed by atoms with Crippen molar-refractivity contribution in [2.24, 2.45) is 0 Å². The van der Waals surface area contributed by atoms with E-state index in [9.17, 15) is 4.79 Å². The molecule has 0 spiro atoms. The number of ether oxygens (including phenoxy) is 1. The Hall–Kier alpha value is -2.99. The minimum atomic E-state index is -0.115. The van der Waals surface area contributed by atoms with Gasteiger partial charge in [0.1, 0.15) is 11.5 Å².